The first-order chi connectivity index (χ1) is 15.5. The molecule has 0 saturated carbocycles. The molecule has 1 atom stereocenters. The van der Waals surface area contributed by atoms with E-state index in [9.17, 15) is 14.4 Å². The minimum Gasteiger partial charge on any atom is -0.495 e. The van der Waals surface area contributed by atoms with Gasteiger partial charge in [0, 0.05) is 18.7 Å². The molecule has 7 heteroatoms. The molecule has 2 aromatic rings. The summed E-state index contributed by atoms with van der Waals surface area (Å²) in [6, 6.07) is 8.68. The van der Waals surface area contributed by atoms with Crippen LogP contribution in [0.3, 0.4) is 0 Å². The molecule has 0 spiro atoms. The van der Waals surface area contributed by atoms with Crippen molar-refractivity contribution in [2.24, 2.45) is 0 Å². The molecule has 32 heavy (non-hydrogen) atoms. The highest BCUT2D eigenvalue weighted by Gasteiger charge is 2.38. The fourth-order valence-electron chi connectivity index (χ4n) is 4.96. The van der Waals surface area contributed by atoms with Gasteiger partial charge in [0.1, 0.15) is 5.75 Å². The number of hydrogen-bond donors (Lipinski definition) is 0. The van der Waals surface area contributed by atoms with Crippen LogP contribution in [0.15, 0.2) is 30.3 Å². The molecule has 3 aliphatic heterocycles. The zero-order valence-electron chi connectivity index (χ0n) is 18.3. The lowest BCUT2D eigenvalue weighted by Gasteiger charge is -2.32. The van der Waals surface area contributed by atoms with Crippen molar-refractivity contribution in [3.8, 4) is 5.75 Å². The molecule has 3 amide bonds. The highest BCUT2D eigenvalue weighted by atomic mass is 16.5. The number of aryl methyl sites for hydroxylation is 1. The van der Waals surface area contributed by atoms with Crippen LogP contribution >= 0.6 is 0 Å². The van der Waals surface area contributed by atoms with E-state index < -0.39 is 0 Å². The first kappa shape index (κ1) is 20.7. The molecule has 0 aromatic heterocycles. The minimum atomic E-state index is -0.359. The average Bonchev–Trinajstić information content (AvgIpc) is 3.41. The quantitative estimate of drug-likeness (QED) is 0.690. The summed E-state index contributed by atoms with van der Waals surface area (Å²) < 4.78 is 11.2. The number of carbonyl (C=O) groups excluding carboxylic acids is 3. The number of methoxy groups -OCH3 is 1. The molecule has 3 heterocycles. The van der Waals surface area contributed by atoms with E-state index in [4.69, 9.17) is 9.47 Å². The van der Waals surface area contributed by atoms with Crippen LogP contribution in [0, 0.1) is 6.92 Å². The zero-order chi connectivity index (χ0) is 22.4. The summed E-state index contributed by atoms with van der Waals surface area (Å²) in [6.45, 7) is 3.52. The summed E-state index contributed by atoms with van der Waals surface area (Å²) >= 11 is 0. The van der Waals surface area contributed by atoms with Gasteiger partial charge in [-0.3, -0.25) is 19.3 Å². The number of ether oxygens (including phenoxy) is 2. The first-order valence-electron chi connectivity index (χ1n) is 11.1. The summed E-state index contributed by atoms with van der Waals surface area (Å²) in [5.74, 6) is -0.216. The first-order valence-corrected chi connectivity index (χ1v) is 11.1. The highest BCUT2D eigenvalue weighted by Crippen LogP contribution is 2.39. The molecule has 3 aliphatic rings. The van der Waals surface area contributed by atoms with Crippen molar-refractivity contribution in [2.75, 3.05) is 31.7 Å². The Balaban J connectivity index is 1.46. The number of nitrogens with zero attached hydrogens (tertiary/aromatic N) is 2. The Hall–Kier alpha value is -3.19. The van der Waals surface area contributed by atoms with E-state index in [1.165, 1.54) is 4.90 Å². The van der Waals surface area contributed by atoms with Crippen molar-refractivity contribution in [2.45, 2.75) is 38.7 Å². The number of benzene rings is 2. The lowest BCUT2D eigenvalue weighted by atomic mass is 9.95. The summed E-state index contributed by atoms with van der Waals surface area (Å²) in [4.78, 5) is 42.3. The van der Waals surface area contributed by atoms with E-state index >= 15 is 0 Å². The van der Waals surface area contributed by atoms with E-state index in [1.807, 2.05) is 19.1 Å². The number of carbonyl (C=O) groups is 3. The largest absolute Gasteiger partial charge is 0.495 e. The van der Waals surface area contributed by atoms with Crippen LogP contribution in [0.1, 0.15) is 61.5 Å². The van der Waals surface area contributed by atoms with Gasteiger partial charge >= 0.3 is 0 Å². The monoisotopic (exact) mass is 434 g/mol. The fourth-order valence-corrected chi connectivity index (χ4v) is 4.96. The topological polar surface area (TPSA) is 76.2 Å². The minimum absolute atomic E-state index is 0.112. The van der Waals surface area contributed by atoms with Crippen LogP contribution < -0.4 is 9.64 Å². The van der Waals surface area contributed by atoms with Crippen LogP contribution in [0.5, 0.6) is 5.75 Å². The summed E-state index contributed by atoms with van der Waals surface area (Å²) in [7, 11) is 1.60. The van der Waals surface area contributed by atoms with Gasteiger partial charge in [-0.2, -0.15) is 0 Å². The molecule has 1 saturated heterocycles. The van der Waals surface area contributed by atoms with Crippen LogP contribution in [-0.2, 0) is 11.2 Å². The predicted molar refractivity (Wildman–Crippen MR) is 119 cm³/mol. The van der Waals surface area contributed by atoms with Gasteiger partial charge in [0.2, 0.25) is 0 Å². The van der Waals surface area contributed by atoms with Crippen molar-refractivity contribution < 1.29 is 23.9 Å². The number of anilines is 1. The molecule has 0 aliphatic carbocycles. The number of imide groups is 1. The van der Waals surface area contributed by atoms with Crippen molar-refractivity contribution >= 4 is 23.4 Å². The molecular weight excluding hydrogens is 408 g/mol. The third-order valence-electron chi connectivity index (χ3n) is 6.65. The Kier molecular flexibility index (Phi) is 5.21. The number of fused-ring (bicyclic) bond motifs is 2. The Morgan fingerprint density at radius 3 is 2.69 bits per heavy atom. The van der Waals surface area contributed by atoms with E-state index in [0.29, 0.717) is 30.0 Å². The third-order valence-corrected chi connectivity index (χ3v) is 6.65. The van der Waals surface area contributed by atoms with Crippen molar-refractivity contribution in [3.05, 3.63) is 58.1 Å². The predicted octanol–water partition coefficient (Wildman–Crippen LogP) is 3.37. The van der Waals surface area contributed by atoms with Crippen LogP contribution in [0.2, 0.25) is 0 Å². The van der Waals surface area contributed by atoms with E-state index in [-0.39, 0.29) is 35.9 Å². The molecule has 7 nitrogen and oxygen atoms in total. The fraction of sp³-hybridized carbons (Fsp3) is 0.400. The Morgan fingerprint density at radius 2 is 1.94 bits per heavy atom. The van der Waals surface area contributed by atoms with Crippen LogP contribution in [0.25, 0.3) is 0 Å². The Morgan fingerprint density at radius 1 is 1.12 bits per heavy atom. The SMILES string of the molecule is COc1ccc(C)c2c1N(C(=O)c1ccc3c(c1)C(=O)N(CC1CCCO1)C3=O)CCC2. The lowest BCUT2D eigenvalue weighted by molar-refractivity contribution is 0.0475. The third kappa shape index (κ3) is 3.28. The van der Waals surface area contributed by atoms with Gasteiger partial charge in [0.15, 0.2) is 0 Å². The zero-order valence-corrected chi connectivity index (χ0v) is 18.3. The van der Waals surface area contributed by atoms with Crippen molar-refractivity contribution in [3.63, 3.8) is 0 Å². The Labute approximate surface area is 186 Å². The van der Waals surface area contributed by atoms with Gasteiger partial charge in [0.05, 0.1) is 36.6 Å². The second kappa shape index (κ2) is 8.06. The molecule has 1 unspecified atom stereocenters. The molecular formula is C25H26N2O5. The summed E-state index contributed by atoms with van der Waals surface area (Å²) in [5.41, 5.74) is 4.05. The van der Waals surface area contributed by atoms with Gasteiger partial charge in [-0.05, 0) is 68.0 Å². The second-order valence-electron chi connectivity index (χ2n) is 8.59. The molecule has 0 bridgehead atoms. The van der Waals surface area contributed by atoms with Crippen LogP contribution in [-0.4, -0.2) is 55.5 Å². The smallest absolute Gasteiger partial charge is 0.261 e. The maximum atomic E-state index is 13.5. The van der Waals surface area contributed by atoms with Crippen molar-refractivity contribution in [1.29, 1.82) is 0 Å². The Bertz CT molecular complexity index is 1120. The van der Waals surface area contributed by atoms with E-state index in [1.54, 1.807) is 30.2 Å². The maximum absolute atomic E-state index is 13.5. The molecule has 1 fully saturated rings. The summed E-state index contributed by atoms with van der Waals surface area (Å²) in [5, 5.41) is 0. The molecule has 5 rings (SSSR count). The van der Waals surface area contributed by atoms with Gasteiger partial charge in [0.25, 0.3) is 17.7 Å². The van der Waals surface area contributed by atoms with Gasteiger partial charge in [-0.15, -0.1) is 0 Å². The van der Waals surface area contributed by atoms with E-state index in [2.05, 4.69) is 0 Å². The van der Waals surface area contributed by atoms with E-state index in [0.717, 1.165) is 42.5 Å². The molecule has 166 valence electrons. The summed E-state index contributed by atoms with van der Waals surface area (Å²) in [6.07, 6.45) is 3.40. The van der Waals surface area contributed by atoms with Gasteiger partial charge in [-0.1, -0.05) is 6.07 Å². The normalized spacial score (nSPS) is 19.9. The van der Waals surface area contributed by atoms with Gasteiger partial charge < -0.3 is 14.4 Å². The maximum Gasteiger partial charge on any atom is 0.261 e. The van der Waals surface area contributed by atoms with Crippen molar-refractivity contribution in [1.82, 2.24) is 4.90 Å². The standard InChI is InChI=1S/C25H26N2O5/c1-15-7-10-21(31-2)22-18(15)6-3-11-26(22)23(28)16-8-9-19-20(13-16)25(30)27(24(19)29)14-17-5-4-12-32-17/h7-10,13,17H,3-6,11-12,14H2,1-2H3. The number of hydrogen-bond acceptors (Lipinski definition) is 5. The molecule has 0 radical (unpaired) electrons. The molecule has 0 N–H and O–H groups in total. The average molecular weight is 434 g/mol. The lowest BCUT2D eigenvalue weighted by Crippen LogP contribution is -2.36. The number of rotatable bonds is 4. The number of amides is 3. The second-order valence-corrected chi connectivity index (χ2v) is 8.59. The highest BCUT2D eigenvalue weighted by molar-refractivity contribution is 6.22. The molecule has 2 aromatic carbocycles. The van der Waals surface area contributed by atoms with Gasteiger partial charge in [-0.25, -0.2) is 0 Å². The van der Waals surface area contributed by atoms with Crippen LogP contribution in [0.4, 0.5) is 5.69 Å².